The highest BCUT2D eigenvalue weighted by atomic mass is 19.2. The van der Waals surface area contributed by atoms with Crippen molar-refractivity contribution in [2.24, 2.45) is 0 Å². The van der Waals surface area contributed by atoms with Crippen molar-refractivity contribution < 1.29 is 38.0 Å². The van der Waals surface area contributed by atoms with Crippen molar-refractivity contribution in [3.05, 3.63) is 65.6 Å². The van der Waals surface area contributed by atoms with Crippen LogP contribution < -0.4 is 4.74 Å². The van der Waals surface area contributed by atoms with Gasteiger partial charge in [0.25, 0.3) is 0 Å². The highest BCUT2D eigenvalue weighted by molar-refractivity contribution is 5.58. The fourth-order valence-electron chi connectivity index (χ4n) is 3.74. The van der Waals surface area contributed by atoms with Crippen LogP contribution in [0.25, 0.3) is 11.3 Å². The van der Waals surface area contributed by atoms with E-state index in [1.54, 1.807) is 24.3 Å². The maximum atomic E-state index is 13.6. The van der Waals surface area contributed by atoms with Crippen molar-refractivity contribution in [2.75, 3.05) is 13.7 Å². The molecule has 170 valence electrons. The quantitative estimate of drug-likeness (QED) is 0.507. The highest BCUT2D eigenvalue weighted by Crippen LogP contribution is 2.38. The fraction of sp³-hybridized carbons (Fsp3) is 0.333. The molecule has 1 aromatic heterocycles. The van der Waals surface area contributed by atoms with Crippen LogP contribution in [-0.4, -0.2) is 62.3 Å². The molecule has 8 nitrogen and oxygen atoms in total. The Balaban J connectivity index is 1.68. The largest absolute Gasteiger partial charge is 0.497 e. The normalized spacial score (nSPS) is 25.7. The number of ether oxygens (including phenoxy) is 2. The van der Waals surface area contributed by atoms with E-state index in [0.717, 1.165) is 16.8 Å². The monoisotopic (exact) mass is 451 g/mol. The van der Waals surface area contributed by atoms with Crippen LogP contribution in [0.2, 0.25) is 0 Å². The fourth-order valence-corrected chi connectivity index (χ4v) is 3.74. The molecule has 32 heavy (non-hydrogen) atoms. The second-order valence-corrected chi connectivity index (χ2v) is 7.36. The SMILES string of the molecule is COc1ccc([C@@H]2O[C@H](CO)[C@H](O)[C@H](n3cc(-c4cc(F)c(F)c(F)c4)nn3)[C@H]2O)cc1. The zero-order chi connectivity index (χ0) is 23.0. The van der Waals surface area contributed by atoms with Gasteiger partial charge < -0.3 is 24.8 Å². The Morgan fingerprint density at radius 1 is 1.06 bits per heavy atom. The predicted octanol–water partition coefficient (Wildman–Crippen LogP) is 1.77. The van der Waals surface area contributed by atoms with E-state index in [9.17, 15) is 28.5 Å². The maximum absolute atomic E-state index is 13.6. The zero-order valence-electron chi connectivity index (χ0n) is 16.8. The molecule has 1 saturated heterocycles. The van der Waals surface area contributed by atoms with E-state index in [2.05, 4.69) is 10.3 Å². The number of aromatic nitrogens is 3. The van der Waals surface area contributed by atoms with Gasteiger partial charge in [-0.05, 0) is 29.8 Å². The molecule has 11 heteroatoms. The molecule has 0 saturated carbocycles. The van der Waals surface area contributed by atoms with E-state index >= 15 is 0 Å². The van der Waals surface area contributed by atoms with Gasteiger partial charge in [0.05, 0.1) is 19.9 Å². The van der Waals surface area contributed by atoms with E-state index in [-0.39, 0.29) is 11.3 Å². The van der Waals surface area contributed by atoms with E-state index in [1.165, 1.54) is 13.3 Å². The molecule has 4 rings (SSSR count). The van der Waals surface area contributed by atoms with Gasteiger partial charge in [0.15, 0.2) is 17.5 Å². The van der Waals surface area contributed by atoms with E-state index in [1.807, 2.05) is 0 Å². The molecule has 2 heterocycles. The average Bonchev–Trinajstić information content (AvgIpc) is 3.27. The Kier molecular flexibility index (Phi) is 6.15. The minimum Gasteiger partial charge on any atom is -0.497 e. The van der Waals surface area contributed by atoms with Crippen molar-refractivity contribution in [1.82, 2.24) is 15.0 Å². The Labute approximate surface area is 180 Å². The number of methoxy groups -OCH3 is 1. The molecule has 0 aliphatic carbocycles. The maximum Gasteiger partial charge on any atom is 0.194 e. The summed E-state index contributed by atoms with van der Waals surface area (Å²) in [6.45, 7) is -0.535. The van der Waals surface area contributed by atoms with E-state index < -0.39 is 54.5 Å². The molecule has 1 aliphatic heterocycles. The lowest BCUT2D eigenvalue weighted by Gasteiger charge is -2.42. The highest BCUT2D eigenvalue weighted by Gasteiger charge is 2.46. The summed E-state index contributed by atoms with van der Waals surface area (Å²) < 4.78 is 52.4. The molecular formula is C21H20F3N3O5. The predicted molar refractivity (Wildman–Crippen MR) is 104 cm³/mol. The van der Waals surface area contributed by atoms with Gasteiger partial charge in [0.1, 0.15) is 41.9 Å². The van der Waals surface area contributed by atoms with Crippen LogP contribution in [0.3, 0.4) is 0 Å². The second-order valence-electron chi connectivity index (χ2n) is 7.36. The average molecular weight is 451 g/mol. The Morgan fingerprint density at radius 3 is 2.31 bits per heavy atom. The molecule has 3 N–H and O–H groups in total. The lowest BCUT2D eigenvalue weighted by Crippen LogP contribution is -2.52. The molecule has 0 amide bonds. The van der Waals surface area contributed by atoms with Crippen molar-refractivity contribution in [2.45, 2.75) is 30.5 Å². The smallest absolute Gasteiger partial charge is 0.194 e. The minimum absolute atomic E-state index is 0.00441. The summed E-state index contributed by atoms with van der Waals surface area (Å²) in [6, 6.07) is 7.11. The third-order valence-electron chi connectivity index (χ3n) is 5.43. The summed E-state index contributed by atoms with van der Waals surface area (Å²) in [7, 11) is 1.51. The van der Waals surface area contributed by atoms with Gasteiger partial charge in [-0.15, -0.1) is 5.10 Å². The Hall–Kier alpha value is -2.99. The van der Waals surface area contributed by atoms with Gasteiger partial charge in [-0.25, -0.2) is 17.9 Å². The summed E-state index contributed by atoms with van der Waals surface area (Å²) >= 11 is 0. The van der Waals surface area contributed by atoms with Crippen LogP contribution in [-0.2, 0) is 4.74 Å². The van der Waals surface area contributed by atoms with Crippen molar-refractivity contribution in [1.29, 1.82) is 0 Å². The van der Waals surface area contributed by atoms with Crippen LogP contribution in [0.5, 0.6) is 5.75 Å². The second kappa shape index (κ2) is 8.87. The van der Waals surface area contributed by atoms with Gasteiger partial charge in [-0.2, -0.15) is 0 Å². The van der Waals surface area contributed by atoms with Crippen molar-refractivity contribution in [3.8, 4) is 17.0 Å². The summed E-state index contributed by atoms with van der Waals surface area (Å²) in [6.07, 6.45) is -3.42. The first-order valence-corrected chi connectivity index (χ1v) is 9.67. The lowest BCUT2D eigenvalue weighted by molar-refractivity contribution is -0.208. The van der Waals surface area contributed by atoms with Crippen LogP contribution in [0.15, 0.2) is 42.6 Å². The van der Waals surface area contributed by atoms with Crippen LogP contribution in [0.1, 0.15) is 17.7 Å². The van der Waals surface area contributed by atoms with E-state index in [4.69, 9.17) is 9.47 Å². The Bertz CT molecular complexity index is 1070. The Morgan fingerprint density at radius 2 is 1.72 bits per heavy atom. The standard InChI is InChI=1S/C21H20F3N3O5/c1-31-12-4-2-10(3-5-12)21-20(30)18(19(29)16(9-28)32-21)27-8-15(25-26-27)11-6-13(22)17(24)14(23)7-11/h2-8,16,18-21,28-30H,9H2,1H3/t16-,18+,19+,20-,21+/m1/s1. The number of halogens is 3. The number of aliphatic hydroxyl groups is 3. The number of hydrogen-bond acceptors (Lipinski definition) is 7. The summed E-state index contributed by atoms with van der Waals surface area (Å²) in [5.41, 5.74) is 0.487. The molecule has 3 aromatic rings. The van der Waals surface area contributed by atoms with Gasteiger partial charge >= 0.3 is 0 Å². The third kappa shape index (κ3) is 3.95. The molecule has 5 atom stereocenters. The molecule has 2 aromatic carbocycles. The van der Waals surface area contributed by atoms with Gasteiger partial charge in [0.2, 0.25) is 0 Å². The third-order valence-corrected chi connectivity index (χ3v) is 5.43. The van der Waals surface area contributed by atoms with Gasteiger partial charge in [0, 0.05) is 5.56 Å². The number of benzene rings is 2. The molecular weight excluding hydrogens is 431 g/mol. The lowest BCUT2D eigenvalue weighted by atomic mass is 9.89. The van der Waals surface area contributed by atoms with E-state index in [0.29, 0.717) is 11.3 Å². The molecule has 0 radical (unpaired) electrons. The van der Waals surface area contributed by atoms with Gasteiger partial charge in [-0.1, -0.05) is 17.3 Å². The summed E-state index contributed by atoms with van der Waals surface area (Å²) in [5, 5.41) is 39.1. The summed E-state index contributed by atoms with van der Waals surface area (Å²) in [4.78, 5) is 0. The van der Waals surface area contributed by atoms with Gasteiger partial charge in [-0.3, -0.25) is 0 Å². The zero-order valence-corrected chi connectivity index (χ0v) is 16.8. The van der Waals surface area contributed by atoms with Crippen LogP contribution >= 0.6 is 0 Å². The summed E-state index contributed by atoms with van der Waals surface area (Å²) in [5.74, 6) is -3.79. The molecule has 1 fully saturated rings. The molecule has 0 unspecified atom stereocenters. The van der Waals surface area contributed by atoms with Crippen molar-refractivity contribution in [3.63, 3.8) is 0 Å². The molecule has 0 spiro atoms. The minimum atomic E-state index is -1.61. The topological polar surface area (TPSA) is 110 Å². The first-order chi connectivity index (χ1) is 15.3. The number of nitrogens with zero attached hydrogens (tertiary/aromatic N) is 3. The number of aliphatic hydroxyl groups excluding tert-OH is 3. The molecule has 1 aliphatic rings. The number of rotatable bonds is 5. The van der Waals surface area contributed by atoms with Crippen molar-refractivity contribution >= 4 is 0 Å². The molecule has 0 bridgehead atoms. The number of hydrogen-bond donors (Lipinski definition) is 3. The van der Waals surface area contributed by atoms with Crippen LogP contribution in [0, 0.1) is 17.5 Å². The first kappa shape index (κ1) is 22.2. The first-order valence-electron chi connectivity index (χ1n) is 9.67. The van der Waals surface area contributed by atoms with Crippen LogP contribution in [0.4, 0.5) is 13.2 Å².